The van der Waals surface area contributed by atoms with Crippen molar-refractivity contribution in [3.8, 4) is 17.6 Å². The van der Waals surface area contributed by atoms with Crippen molar-refractivity contribution in [3.63, 3.8) is 0 Å². The highest BCUT2D eigenvalue weighted by Gasteiger charge is 2.54. The summed E-state index contributed by atoms with van der Waals surface area (Å²) in [5.41, 5.74) is -0.0801. The van der Waals surface area contributed by atoms with E-state index in [0.29, 0.717) is 13.2 Å². The molecule has 0 radical (unpaired) electrons. The molecule has 4 aliphatic rings. The molecule has 0 aromatic heterocycles. The molecule has 3 nitrogen and oxygen atoms in total. The second-order valence-electron chi connectivity index (χ2n) is 7.98. The van der Waals surface area contributed by atoms with Gasteiger partial charge in [-0.3, -0.25) is 4.79 Å². The second kappa shape index (κ2) is 7.03. The van der Waals surface area contributed by atoms with E-state index >= 15 is 0 Å². The lowest BCUT2D eigenvalue weighted by atomic mass is 9.49. The average molecular weight is 402 g/mol. The molecule has 5 rings (SSSR count). The number of rotatable bonds is 4. The average Bonchev–Trinajstić information content (AvgIpc) is 2.56. The van der Waals surface area contributed by atoms with Gasteiger partial charge in [-0.25, -0.2) is 0 Å². The van der Waals surface area contributed by atoms with Gasteiger partial charge in [-0.2, -0.15) is 0 Å². The molecule has 4 heteroatoms. The Morgan fingerprint density at radius 2 is 1.84 bits per heavy atom. The molecule has 1 aromatic carbocycles. The van der Waals surface area contributed by atoms with Gasteiger partial charge in [0.15, 0.2) is 0 Å². The van der Waals surface area contributed by atoms with Crippen LogP contribution in [0.5, 0.6) is 5.75 Å². The predicted molar refractivity (Wildman–Crippen MR) is 101 cm³/mol. The van der Waals surface area contributed by atoms with Gasteiger partial charge in [-0.05, 0) is 74.5 Å². The maximum Gasteiger partial charge on any atom is 0.226 e. The molecule has 1 amide bonds. The summed E-state index contributed by atoms with van der Waals surface area (Å²) >= 11 is 3.41. The van der Waals surface area contributed by atoms with Gasteiger partial charge in [-0.1, -0.05) is 33.8 Å². The van der Waals surface area contributed by atoms with Crippen molar-refractivity contribution in [2.45, 2.75) is 38.5 Å². The largest absolute Gasteiger partial charge is 0.481 e. The number of benzene rings is 1. The Bertz CT molecular complexity index is 683. The molecule has 132 valence electrons. The van der Waals surface area contributed by atoms with Crippen molar-refractivity contribution in [2.75, 3.05) is 13.2 Å². The third-order valence-corrected chi connectivity index (χ3v) is 6.58. The number of ether oxygens (including phenoxy) is 1. The topological polar surface area (TPSA) is 38.3 Å². The van der Waals surface area contributed by atoms with Crippen molar-refractivity contribution < 1.29 is 9.53 Å². The van der Waals surface area contributed by atoms with Crippen LogP contribution < -0.4 is 10.1 Å². The zero-order valence-corrected chi connectivity index (χ0v) is 16.0. The molecule has 4 bridgehead atoms. The number of carbonyl (C=O) groups is 1. The maximum absolute atomic E-state index is 12.8. The molecule has 25 heavy (non-hydrogen) atoms. The highest BCUT2D eigenvalue weighted by molar-refractivity contribution is 9.10. The fourth-order valence-corrected chi connectivity index (χ4v) is 5.87. The van der Waals surface area contributed by atoms with E-state index in [-0.39, 0.29) is 11.3 Å². The molecule has 0 saturated heterocycles. The Labute approximate surface area is 158 Å². The minimum atomic E-state index is -0.0801. The smallest absolute Gasteiger partial charge is 0.226 e. The summed E-state index contributed by atoms with van der Waals surface area (Å²) in [5.74, 6) is 9.41. The van der Waals surface area contributed by atoms with Crippen LogP contribution in [0, 0.1) is 35.0 Å². The van der Waals surface area contributed by atoms with Crippen molar-refractivity contribution in [2.24, 2.45) is 23.2 Å². The van der Waals surface area contributed by atoms with E-state index in [0.717, 1.165) is 47.2 Å². The van der Waals surface area contributed by atoms with Crippen LogP contribution in [0.4, 0.5) is 0 Å². The van der Waals surface area contributed by atoms with Gasteiger partial charge in [0.1, 0.15) is 12.4 Å². The first-order chi connectivity index (χ1) is 12.1. The lowest BCUT2D eigenvalue weighted by Crippen LogP contribution is -2.53. The molecule has 0 spiro atoms. The Balaban J connectivity index is 1.25. The highest BCUT2D eigenvalue weighted by atomic mass is 79.9. The van der Waals surface area contributed by atoms with Gasteiger partial charge in [0, 0.05) is 9.89 Å². The molecule has 0 unspecified atom stereocenters. The number of amides is 1. The number of halogens is 1. The standard InChI is InChI=1S/C21H24BrNO2/c22-18-4-3-5-19(11-18)25-7-2-1-6-23-20(24)21-12-15-8-16(13-21)10-17(9-15)14-21/h3-5,11,15-17H,6-10,12-14H2,(H,23,24). The summed E-state index contributed by atoms with van der Waals surface area (Å²) < 4.78 is 6.56. The molecule has 0 aliphatic heterocycles. The van der Waals surface area contributed by atoms with E-state index in [1.807, 2.05) is 24.3 Å². The highest BCUT2D eigenvalue weighted by Crippen LogP contribution is 2.60. The van der Waals surface area contributed by atoms with Gasteiger partial charge in [-0.15, -0.1) is 0 Å². The molecule has 4 fully saturated rings. The van der Waals surface area contributed by atoms with Crippen LogP contribution in [0.15, 0.2) is 28.7 Å². The van der Waals surface area contributed by atoms with Gasteiger partial charge in [0.2, 0.25) is 5.91 Å². The first kappa shape index (κ1) is 17.0. The van der Waals surface area contributed by atoms with E-state index < -0.39 is 0 Å². The summed E-state index contributed by atoms with van der Waals surface area (Å²) in [6.45, 7) is 0.756. The molecular weight excluding hydrogens is 378 g/mol. The van der Waals surface area contributed by atoms with E-state index in [1.165, 1.54) is 19.3 Å². The van der Waals surface area contributed by atoms with Gasteiger partial charge in [0.05, 0.1) is 6.54 Å². The molecule has 0 heterocycles. The molecule has 4 aliphatic carbocycles. The minimum absolute atomic E-state index is 0.0801. The molecule has 0 atom stereocenters. The van der Waals surface area contributed by atoms with Crippen molar-refractivity contribution in [1.29, 1.82) is 0 Å². The third-order valence-electron chi connectivity index (χ3n) is 6.09. The SMILES string of the molecule is O=C(NCC#CCOc1cccc(Br)c1)C12CC3CC(CC(C3)C1)C2. The first-order valence-electron chi connectivity index (χ1n) is 9.25. The molecule has 1 aromatic rings. The Hall–Kier alpha value is -1.47. The predicted octanol–water partition coefficient (Wildman–Crippen LogP) is 4.16. The second-order valence-corrected chi connectivity index (χ2v) is 8.90. The fraction of sp³-hybridized carbons (Fsp3) is 0.571. The summed E-state index contributed by atoms with van der Waals surface area (Å²) in [6, 6.07) is 7.70. The molecule has 4 saturated carbocycles. The Morgan fingerprint density at radius 1 is 1.16 bits per heavy atom. The minimum Gasteiger partial charge on any atom is -0.481 e. The summed E-state index contributed by atoms with van der Waals surface area (Å²) in [4.78, 5) is 12.8. The van der Waals surface area contributed by atoms with E-state index in [4.69, 9.17) is 4.74 Å². The molecule has 1 N–H and O–H groups in total. The monoisotopic (exact) mass is 401 g/mol. The van der Waals surface area contributed by atoms with E-state index in [9.17, 15) is 4.79 Å². The zero-order valence-electron chi connectivity index (χ0n) is 14.4. The van der Waals surface area contributed by atoms with Crippen molar-refractivity contribution in [3.05, 3.63) is 28.7 Å². The summed E-state index contributed by atoms with van der Waals surface area (Å²) in [7, 11) is 0. The van der Waals surface area contributed by atoms with Gasteiger partial charge >= 0.3 is 0 Å². The lowest BCUT2D eigenvalue weighted by molar-refractivity contribution is -0.145. The van der Waals surface area contributed by atoms with Crippen LogP contribution in [0.25, 0.3) is 0 Å². The Kier molecular flexibility index (Phi) is 4.78. The first-order valence-corrected chi connectivity index (χ1v) is 10.0. The maximum atomic E-state index is 12.8. The quantitative estimate of drug-likeness (QED) is 0.768. The summed E-state index contributed by atoms with van der Waals surface area (Å²) in [5, 5.41) is 3.07. The van der Waals surface area contributed by atoms with Crippen LogP contribution in [-0.2, 0) is 4.79 Å². The van der Waals surface area contributed by atoms with Crippen LogP contribution in [-0.4, -0.2) is 19.1 Å². The van der Waals surface area contributed by atoms with Crippen LogP contribution in [0.2, 0.25) is 0 Å². The number of hydrogen-bond donors (Lipinski definition) is 1. The fourth-order valence-electron chi connectivity index (χ4n) is 5.49. The normalized spacial score (nSPS) is 32.0. The molecular formula is C21H24BrNO2. The van der Waals surface area contributed by atoms with Crippen molar-refractivity contribution >= 4 is 21.8 Å². The Morgan fingerprint density at radius 3 is 2.48 bits per heavy atom. The zero-order chi connectivity index (χ0) is 17.3. The summed E-state index contributed by atoms with van der Waals surface area (Å²) in [6.07, 6.45) is 7.39. The number of carbonyl (C=O) groups excluding carboxylic acids is 1. The van der Waals surface area contributed by atoms with Crippen LogP contribution in [0.1, 0.15) is 38.5 Å². The van der Waals surface area contributed by atoms with Gasteiger partial charge in [0.25, 0.3) is 0 Å². The van der Waals surface area contributed by atoms with Crippen LogP contribution >= 0.6 is 15.9 Å². The number of nitrogens with one attached hydrogen (secondary N) is 1. The number of hydrogen-bond acceptors (Lipinski definition) is 2. The third kappa shape index (κ3) is 3.72. The van der Waals surface area contributed by atoms with Crippen LogP contribution in [0.3, 0.4) is 0 Å². The van der Waals surface area contributed by atoms with Crippen molar-refractivity contribution in [1.82, 2.24) is 5.32 Å². The van der Waals surface area contributed by atoms with Gasteiger partial charge < -0.3 is 10.1 Å². The lowest BCUT2D eigenvalue weighted by Gasteiger charge is -2.55. The van der Waals surface area contributed by atoms with E-state index in [1.54, 1.807) is 0 Å². The van der Waals surface area contributed by atoms with E-state index in [2.05, 4.69) is 33.1 Å².